The lowest BCUT2D eigenvalue weighted by molar-refractivity contribution is -0.127. The fourth-order valence-electron chi connectivity index (χ4n) is 3.60. The van der Waals surface area contributed by atoms with Gasteiger partial charge >= 0.3 is 0 Å². The number of carbonyl (C=O) groups is 2. The first kappa shape index (κ1) is 20.9. The Morgan fingerprint density at radius 1 is 1.26 bits per heavy atom. The van der Waals surface area contributed by atoms with Crippen LogP contribution in [0.25, 0.3) is 11.3 Å². The number of methoxy groups -OCH3 is 1. The van der Waals surface area contributed by atoms with Gasteiger partial charge in [0.25, 0.3) is 5.91 Å². The van der Waals surface area contributed by atoms with E-state index in [1.165, 1.54) is 12.0 Å². The van der Waals surface area contributed by atoms with Crippen LogP contribution in [0.15, 0.2) is 42.5 Å². The summed E-state index contributed by atoms with van der Waals surface area (Å²) in [6.07, 6.45) is -0.680. The van der Waals surface area contributed by atoms with Crippen molar-refractivity contribution in [2.24, 2.45) is 0 Å². The van der Waals surface area contributed by atoms with E-state index >= 15 is 0 Å². The molecule has 1 N–H and O–H groups in total. The lowest BCUT2D eigenvalue weighted by atomic mass is 10.1. The topological polar surface area (TPSA) is 80.8 Å². The maximum absolute atomic E-state index is 12.9. The van der Waals surface area contributed by atoms with Crippen molar-refractivity contribution in [2.75, 3.05) is 23.9 Å². The summed E-state index contributed by atoms with van der Waals surface area (Å²) in [4.78, 5) is 32.9. The number of thiazole rings is 1. The molecule has 2 heterocycles. The number of aromatic nitrogens is 1. The number of ether oxygens (including phenoxy) is 2. The molecule has 0 fully saturated rings. The standard InChI is InChI=1S/C23H23N3O4S/c1-13-23(28)26(12-21(27)25-17-7-5-6-8-19(17)29-4)18-11-16(9-10-20(18)30-13)22-14(2)31-15(3)24-22/h5-11,13H,12H2,1-4H3,(H,25,27). The maximum atomic E-state index is 12.9. The molecule has 160 valence electrons. The van der Waals surface area contributed by atoms with Gasteiger partial charge in [-0.05, 0) is 51.1 Å². The van der Waals surface area contributed by atoms with Crippen molar-refractivity contribution in [2.45, 2.75) is 26.9 Å². The Hall–Kier alpha value is -3.39. The number of hydrogen-bond acceptors (Lipinski definition) is 6. The third kappa shape index (κ3) is 4.11. The first-order valence-corrected chi connectivity index (χ1v) is 10.7. The molecule has 2 aromatic carbocycles. The van der Waals surface area contributed by atoms with Crippen molar-refractivity contribution in [3.63, 3.8) is 0 Å². The SMILES string of the molecule is COc1ccccc1NC(=O)CN1C(=O)C(C)Oc2ccc(-c3nc(C)sc3C)cc21. The molecule has 1 aromatic heterocycles. The molecule has 0 radical (unpaired) electrons. The van der Waals surface area contributed by atoms with Gasteiger partial charge in [0, 0.05) is 10.4 Å². The average Bonchev–Trinajstić information content (AvgIpc) is 3.09. The molecule has 1 unspecified atom stereocenters. The largest absolute Gasteiger partial charge is 0.495 e. The van der Waals surface area contributed by atoms with Crippen LogP contribution >= 0.6 is 11.3 Å². The predicted molar refractivity (Wildman–Crippen MR) is 121 cm³/mol. The highest BCUT2D eigenvalue weighted by atomic mass is 32.1. The summed E-state index contributed by atoms with van der Waals surface area (Å²) >= 11 is 1.62. The van der Waals surface area contributed by atoms with Gasteiger partial charge in [0.2, 0.25) is 5.91 Å². The van der Waals surface area contributed by atoms with Crippen LogP contribution in [0, 0.1) is 13.8 Å². The summed E-state index contributed by atoms with van der Waals surface area (Å²) < 4.78 is 11.1. The third-order valence-electron chi connectivity index (χ3n) is 5.03. The average molecular weight is 438 g/mol. The number of benzene rings is 2. The molecule has 4 rings (SSSR count). The molecule has 1 atom stereocenters. The quantitative estimate of drug-likeness (QED) is 0.647. The van der Waals surface area contributed by atoms with E-state index < -0.39 is 6.10 Å². The van der Waals surface area contributed by atoms with Crippen molar-refractivity contribution >= 4 is 34.5 Å². The highest BCUT2D eigenvalue weighted by Crippen LogP contribution is 2.38. The van der Waals surface area contributed by atoms with E-state index in [-0.39, 0.29) is 18.4 Å². The second-order valence-electron chi connectivity index (χ2n) is 7.25. The molecule has 0 aliphatic carbocycles. The molecular weight excluding hydrogens is 414 g/mol. The number of nitrogens with zero attached hydrogens (tertiary/aromatic N) is 2. The van der Waals surface area contributed by atoms with Gasteiger partial charge in [0.1, 0.15) is 18.0 Å². The van der Waals surface area contributed by atoms with Gasteiger partial charge < -0.3 is 14.8 Å². The van der Waals surface area contributed by atoms with Crippen molar-refractivity contribution in [1.82, 2.24) is 4.98 Å². The zero-order valence-corrected chi connectivity index (χ0v) is 18.6. The number of anilines is 2. The lowest BCUT2D eigenvalue weighted by Crippen LogP contribution is -2.47. The predicted octanol–water partition coefficient (Wildman–Crippen LogP) is 4.19. The van der Waals surface area contributed by atoms with Gasteiger partial charge in [0.15, 0.2) is 6.10 Å². The van der Waals surface area contributed by atoms with Crippen molar-refractivity contribution in [3.05, 3.63) is 52.3 Å². The summed E-state index contributed by atoms with van der Waals surface area (Å²) in [5.41, 5.74) is 2.85. The number of hydrogen-bond donors (Lipinski definition) is 1. The van der Waals surface area contributed by atoms with Gasteiger partial charge in [-0.15, -0.1) is 11.3 Å². The van der Waals surface area contributed by atoms with Crippen LogP contribution in [0.5, 0.6) is 11.5 Å². The molecule has 8 heteroatoms. The monoisotopic (exact) mass is 437 g/mol. The van der Waals surface area contributed by atoms with Crippen LogP contribution in [-0.4, -0.2) is 36.6 Å². The van der Waals surface area contributed by atoms with E-state index in [4.69, 9.17) is 9.47 Å². The molecule has 31 heavy (non-hydrogen) atoms. The number of amides is 2. The molecule has 7 nitrogen and oxygen atoms in total. The Morgan fingerprint density at radius 3 is 2.74 bits per heavy atom. The van der Waals surface area contributed by atoms with Gasteiger partial charge in [-0.2, -0.15) is 0 Å². The Morgan fingerprint density at radius 2 is 2.03 bits per heavy atom. The zero-order valence-electron chi connectivity index (χ0n) is 17.8. The Bertz CT molecular complexity index is 1160. The smallest absolute Gasteiger partial charge is 0.268 e. The van der Waals surface area contributed by atoms with Crippen LogP contribution in [0.4, 0.5) is 11.4 Å². The van der Waals surface area contributed by atoms with Crippen LogP contribution in [0.3, 0.4) is 0 Å². The fraction of sp³-hybridized carbons (Fsp3) is 0.261. The van der Waals surface area contributed by atoms with Crippen molar-refractivity contribution < 1.29 is 19.1 Å². The van der Waals surface area contributed by atoms with Gasteiger partial charge in [-0.3, -0.25) is 14.5 Å². The van der Waals surface area contributed by atoms with E-state index in [1.54, 1.807) is 36.5 Å². The Kier molecular flexibility index (Phi) is 5.65. The highest BCUT2D eigenvalue weighted by molar-refractivity contribution is 7.11. The van der Waals surface area contributed by atoms with E-state index in [0.29, 0.717) is 22.9 Å². The highest BCUT2D eigenvalue weighted by Gasteiger charge is 2.33. The van der Waals surface area contributed by atoms with Crippen LogP contribution in [-0.2, 0) is 9.59 Å². The minimum Gasteiger partial charge on any atom is -0.495 e. The first-order chi connectivity index (χ1) is 14.9. The molecule has 1 aliphatic rings. The van der Waals surface area contributed by atoms with E-state index in [1.807, 2.05) is 38.1 Å². The molecule has 2 amide bonds. The summed E-state index contributed by atoms with van der Waals surface area (Å²) in [5, 5.41) is 3.80. The first-order valence-electron chi connectivity index (χ1n) is 9.86. The second kappa shape index (κ2) is 8.39. The summed E-state index contributed by atoms with van der Waals surface area (Å²) in [6, 6.07) is 12.7. The molecule has 3 aromatic rings. The zero-order chi connectivity index (χ0) is 22.1. The normalized spacial score (nSPS) is 15.3. The Balaban J connectivity index is 1.65. The number of aryl methyl sites for hydroxylation is 2. The molecule has 0 saturated heterocycles. The van der Waals surface area contributed by atoms with Crippen molar-refractivity contribution in [3.8, 4) is 22.8 Å². The van der Waals surface area contributed by atoms with E-state index in [9.17, 15) is 9.59 Å². The van der Waals surface area contributed by atoms with E-state index in [2.05, 4.69) is 10.3 Å². The molecule has 0 bridgehead atoms. The summed E-state index contributed by atoms with van der Waals surface area (Å²) in [7, 11) is 1.54. The number of rotatable bonds is 5. The van der Waals surface area contributed by atoms with Crippen molar-refractivity contribution in [1.29, 1.82) is 0 Å². The minimum absolute atomic E-state index is 0.143. The minimum atomic E-state index is -0.680. The summed E-state index contributed by atoms with van der Waals surface area (Å²) in [5.74, 6) is 0.509. The molecular formula is C23H23N3O4S. The lowest BCUT2D eigenvalue weighted by Gasteiger charge is -2.33. The fourth-order valence-corrected chi connectivity index (χ4v) is 4.44. The number of carbonyl (C=O) groups excluding carboxylic acids is 2. The van der Waals surface area contributed by atoms with E-state index in [0.717, 1.165) is 21.1 Å². The van der Waals surface area contributed by atoms with Crippen LogP contribution in [0.1, 0.15) is 16.8 Å². The van der Waals surface area contributed by atoms with Gasteiger partial charge in [-0.1, -0.05) is 12.1 Å². The van der Waals surface area contributed by atoms with Crippen LogP contribution in [0.2, 0.25) is 0 Å². The molecule has 1 aliphatic heterocycles. The molecule has 0 saturated carbocycles. The summed E-state index contributed by atoms with van der Waals surface area (Å²) in [6.45, 7) is 5.51. The number of nitrogens with one attached hydrogen (secondary N) is 1. The third-order valence-corrected chi connectivity index (χ3v) is 5.91. The van der Waals surface area contributed by atoms with Crippen LogP contribution < -0.4 is 19.7 Å². The van der Waals surface area contributed by atoms with Gasteiger partial charge in [0.05, 0.1) is 29.2 Å². The number of fused-ring (bicyclic) bond motifs is 1. The van der Waals surface area contributed by atoms with Gasteiger partial charge in [-0.25, -0.2) is 4.98 Å². The second-order valence-corrected chi connectivity index (χ2v) is 8.66. The molecule has 0 spiro atoms. The maximum Gasteiger partial charge on any atom is 0.268 e. The number of para-hydroxylation sites is 2. The Labute approximate surface area is 184 Å².